The second-order valence-corrected chi connectivity index (χ2v) is 4.97. The van der Waals surface area contributed by atoms with Gasteiger partial charge in [-0.1, -0.05) is 0 Å². The lowest BCUT2D eigenvalue weighted by atomic mass is 10.3. The first-order chi connectivity index (χ1) is 5.68. The first-order valence-electron chi connectivity index (χ1n) is 3.32. The van der Waals surface area contributed by atoms with Gasteiger partial charge in [-0.3, -0.25) is 0 Å². The van der Waals surface area contributed by atoms with Crippen LogP contribution in [0, 0.1) is 10.9 Å². The second-order valence-electron chi connectivity index (χ2n) is 2.42. The molecule has 0 spiro atoms. The lowest BCUT2D eigenvalue weighted by Crippen LogP contribution is -1.80. The smallest absolute Gasteiger partial charge is 0.160 e. The minimum Gasteiger partial charge on any atom is -0.322 e. The number of rotatable bonds is 0. The number of nitrogens with zero attached hydrogens (tertiary/aromatic N) is 1. The van der Waals surface area contributed by atoms with Gasteiger partial charge in [-0.25, -0.2) is 4.98 Å². The molecule has 1 N–H and O–H groups in total. The predicted molar refractivity (Wildman–Crippen MR) is 57.2 cm³/mol. The Morgan fingerprint density at radius 3 is 3.17 bits per heavy atom. The summed E-state index contributed by atoms with van der Waals surface area (Å²) in [6.07, 6.45) is 1.79. The summed E-state index contributed by atoms with van der Waals surface area (Å²) in [7, 11) is 0. The van der Waals surface area contributed by atoms with E-state index in [1.807, 2.05) is 6.92 Å². The zero-order valence-electron chi connectivity index (χ0n) is 6.22. The van der Waals surface area contributed by atoms with Crippen LogP contribution < -0.4 is 0 Å². The zero-order valence-corrected chi connectivity index (χ0v) is 9.44. The van der Waals surface area contributed by atoms with E-state index < -0.39 is 0 Å². The van der Waals surface area contributed by atoms with Crippen LogP contribution in [-0.2, 0) is 0 Å². The van der Waals surface area contributed by atoms with Gasteiger partial charge in [-0.2, -0.15) is 0 Å². The molecule has 0 saturated heterocycles. The molecule has 2 heterocycles. The van der Waals surface area contributed by atoms with Gasteiger partial charge in [-0.15, -0.1) is 11.3 Å². The van der Waals surface area contributed by atoms with Crippen LogP contribution in [0.4, 0.5) is 0 Å². The molecule has 2 rings (SSSR count). The average Bonchev–Trinajstić information content (AvgIpc) is 2.39. The number of H-pyrrole nitrogens is 1. The molecule has 2 aromatic rings. The van der Waals surface area contributed by atoms with Gasteiger partial charge < -0.3 is 4.98 Å². The van der Waals surface area contributed by atoms with E-state index in [2.05, 4.69) is 25.9 Å². The van der Waals surface area contributed by atoms with Crippen LogP contribution in [0.1, 0.15) is 5.56 Å². The standard InChI is InChI=1S/C7H5BrN2S2/c1-3-4(8)2-9-6-5(3)12-7(11)10-6/h2H,1H3,(H,9,10,11). The van der Waals surface area contributed by atoms with Gasteiger partial charge in [0.1, 0.15) is 5.65 Å². The van der Waals surface area contributed by atoms with E-state index in [0.29, 0.717) is 0 Å². The van der Waals surface area contributed by atoms with E-state index in [4.69, 9.17) is 12.2 Å². The molecular weight excluding hydrogens is 256 g/mol. The Hall–Kier alpha value is -0.260. The fraction of sp³-hybridized carbons (Fsp3) is 0.143. The van der Waals surface area contributed by atoms with Crippen LogP contribution in [0.25, 0.3) is 10.3 Å². The highest BCUT2D eigenvalue weighted by atomic mass is 79.9. The highest BCUT2D eigenvalue weighted by molar-refractivity contribution is 9.10. The SMILES string of the molecule is Cc1c(Br)cnc2[nH]c(=S)sc12. The van der Waals surface area contributed by atoms with Crippen molar-refractivity contribution in [2.75, 3.05) is 0 Å². The van der Waals surface area contributed by atoms with Crippen molar-refractivity contribution in [3.8, 4) is 0 Å². The Kier molecular flexibility index (Phi) is 2.02. The maximum absolute atomic E-state index is 5.02. The summed E-state index contributed by atoms with van der Waals surface area (Å²) < 4.78 is 2.94. The normalized spacial score (nSPS) is 10.8. The molecule has 0 amide bonds. The van der Waals surface area contributed by atoms with Crippen molar-refractivity contribution in [3.63, 3.8) is 0 Å². The van der Waals surface area contributed by atoms with Crippen molar-refractivity contribution >= 4 is 49.8 Å². The molecule has 0 bridgehead atoms. The molecule has 62 valence electrons. The van der Waals surface area contributed by atoms with Gasteiger partial charge in [0.2, 0.25) is 0 Å². The number of hydrogen-bond acceptors (Lipinski definition) is 3. The fourth-order valence-corrected chi connectivity index (χ4v) is 2.57. The van der Waals surface area contributed by atoms with Gasteiger partial charge in [0.05, 0.1) is 4.70 Å². The first-order valence-corrected chi connectivity index (χ1v) is 5.34. The predicted octanol–water partition coefficient (Wildman–Crippen LogP) is 3.42. The molecular formula is C7H5BrN2S2. The summed E-state index contributed by atoms with van der Waals surface area (Å²) in [5, 5.41) is 0. The Labute approximate surface area is 86.8 Å². The summed E-state index contributed by atoms with van der Waals surface area (Å²) in [5.74, 6) is 0. The topological polar surface area (TPSA) is 28.7 Å². The summed E-state index contributed by atoms with van der Waals surface area (Å²) in [4.78, 5) is 7.23. The molecule has 0 saturated carbocycles. The maximum Gasteiger partial charge on any atom is 0.160 e. The van der Waals surface area contributed by atoms with Crippen molar-refractivity contribution in [3.05, 3.63) is 20.2 Å². The van der Waals surface area contributed by atoms with Crippen LogP contribution in [-0.4, -0.2) is 9.97 Å². The van der Waals surface area contributed by atoms with Crippen LogP contribution >= 0.6 is 39.5 Å². The van der Waals surface area contributed by atoms with Crippen LogP contribution in [0.3, 0.4) is 0 Å². The molecule has 0 fully saturated rings. The summed E-state index contributed by atoms with van der Waals surface area (Å²) >= 11 is 10.0. The Bertz CT molecular complexity index is 486. The maximum atomic E-state index is 5.02. The number of halogens is 1. The zero-order chi connectivity index (χ0) is 8.72. The highest BCUT2D eigenvalue weighted by Gasteiger charge is 2.04. The number of fused-ring (bicyclic) bond motifs is 1. The molecule has 0 aliphatic rings. The largest absolute Gasteiger partial charge is 0.322 e. The monoisotopic (exact) mass is 260 g/mol. The molecule has 2 aromatic heterocycles. The van der Waals surface area contributed by atoms with E-state index >= 15 is 0 Å². The molecule has 5 heteroatoms. The van der Waals surface area contributed by atoms with E-state index in [9.17, 15) is 0 Å². The van der Waals surface area contributed by atoms with E-state index in [1.165, 1.54) is 5.56 Å². The van der Waals surface area contributed by atoms with Gasteiger partial charge >= 0.3 is 0 Å². The number of aromatic amines is 1. The Balaban J connectivity index is 2.99. The lowest BCUT2D eigenvalue weighted by Gasteiger charge is -1.95. The minimum absolute atomic E-state index is 0.777. The molecule has 12 heavy (non-hydrogen) atoms. The number of aromatic nitrogens is 2. The second kappa shape index (κ2) is 2.90. The molecule has 0 radical (unpaired) electrons. The third kappa shape index (κ3) is 1.22. The Morgan fingerprint density at radius 2 is 2.42 bits per heavy atom. The number of aryl methyl sites for hydroxylation is 1. The third-order valence-electron chi connectivity index (χ3n) is 1.64. The van der Waals surface area contributed by atoms with Crippen molar-refractivity contribution < 1.29 is 0 Å². The molecule has 2 nitrogen and oxygen atoms in total. The van der Waals surface area contributed by atoms with Crippen LogP contribution in [0.5, 0.6) is 0 Å². The number of pyridine rings is 1. The molecule has 0 aliphatic carbocycles. The number of thiazole rings is 1. The van der Waals surface area contributed by atoms with E-state index in [-0.39, 0.29) is 0 Å². The van der Waals surface area contributed by atoms with Gasteiger partial charge in [-0.05, 0) is 40.6 Å². The summed E-state index contributed by atoms with van der Waals surface area (Å²) in [5.41, 5.74) is 2.07. The first kappa shape index (κ1) is 8.34. The molecule has 0 atom stereocenters. The van der Waals surface area contributed by atoms with Crippen molar-refractivity contribution in [2.45, 2.75) is 6.92 Å². The fourth-order valence-electron chi connectivity index (χ4n) is 0.992. The molecule has 0 aromatic carbocycles. The van der Waals surface area contributed by atoms with Crippen molar-refractivity contribution in [2.24, 2.45) is 0 Å². The quantitative estimate of drug-likeness (QED) is 0.736. The number of nitrogens with one attached hydrogen (secondary N) is 1. The van der Waals surface area contributed by atoms with E-state index in [0.717, 1.165) is 18.8 Å². The minimum atomic E-state index is 0.777. The van der Waals surface area contributed by atoms with E-state index in [1.54, 1.807) is 17.5 Å². The van der Waals surface area contributed by atoms with Gasteiger partial charge in [0.15, 0.2) is 3.95 Å². The van der Waals surface area contributed by atoms with Crippen molar-refractivity contribution in [1.29, 1.82) is 0 Å². The number of hydrogen-bond donors (Lipinski definition) is 1. The average molecular weight is 261 g/mol. The molecule has 0 aliphatic heterocycles. The molecule has 0 unspecified atom stereocenters. The van der Waals surface area contributed by atoms with Crippen LogP contribution in [0.2, 0.25) is 0 Å². The lowest BCUT2D eigenvalue weighted by molar-refractivity contribution is 1.28. The summed E-state index contributed by atoms with van der Waals surface area (Å²) in [6.45, 7) is 2.05. The van der Waals surface area contributed by atoms with Gasteiger partial charge in [0.25, 0.3) is 0 Å². The summed E-state index contributed by atoms with van der Waals surface area (Å²) in [6, 6.07) is 0. The highest BCUT2D eigenvalue weighted by Crippen LogP contribution is 2.26. The van der Waals surface area contributed by atoms with Crippen LogP contribution in [0.15, 0.2) is 10.7 Å². The van der Waals surface area contributed by atoms with Gasteiger partial charge in [0, 0.05) is 10.7 Å². The Morgan fingerprint density at radius 1 is 1.67 bits per heavy atom. The van der Waals surface area contributed by atoms with Crippen molar-refractivity contribution in [1.82, 2.24) is 9.97 Å². The third-order valence-corrected chi connectivity index (χ3v) is 3.78.